The Labute approximate surface area is 149 Å². The molecular formula is C19H28N2O4. The lowest BCUT2D eigenvalue weighted by Crippen LogP contribution is -2.50. The molecule has 1 aliphatic heterocycles. The van der Waals surface area contributed by atoms with Crippen LogP contribution in [0, 0.1) is 0 Å². The lowest BCUT2D eigenvalue weighted by atomic mass is 10.1. The highest BCUT2D eigenvalue weighted by atomic mass is 16.6. The molecule has 1 aliphatic rings. The zero-order valence-electron chi connectivity index (χ0n) is 15.3. The summed E-state index contributed by atoms with van der Waals surface area (Å²) < 4.78 is 10.8. The molecule has 6 heteroatoms. The summed E-state index contributed by atoms with van der Waals surface area (Å²) >= 11 is 0. The summed E-state index contributed by atoms with van der Waals surface area (Å²) in [6.45, 7) is 7.21. The molecule has 1 amide bonds. The highest BCUT2D eigenvalue weighted by Gasteiger charge is 2.31. The van der Waals surface area contributed by atoms with Gasteiger partial charge in [-0.25, -0.2) is 4.79 Å². The summed E-state index contributed by atoms with van der Waals surface area (Å²) in [4.78, 5) is 26.3. The summed E-state index contributed by atoms with van der Waals surface area (Å²) in [5, 5.41) is 3.26. The smallest absolute Gasteiger partial charge is 0.411 e. The molecule has 0 saturated carbocycles. The van der Waals surface area contributed by atoms with E-state index in [9.17, 15) is 9.59 Å². The summed E-state index contributed by atoms with van der Waals surface area (Å²) in [6, 6.07) is 9.47. The van der Waals surface area contributed by atoms with Crippen LogP contribution >= 0.6 is 0 Å². The molecule has 25 heavy (non-hydrogen) atoms. The first-order chi connectivity index (χ1) is 11.8. The second-order valence-electron chi connectivity index (χ2n) is 7.24. The molecule has 6 nitrogen and oxygen atoms in total. The van der Waals surface area contributed by atoms with Crippen LogP contribution < -0.4 is 5.32 Å². The van der Waals surface area contributed by atoms with E-state index in [-0.39, 0.29) is 19.2 Å². The second-order valence-corrected chi connectivity index (χ2v) is 7.24. The van der Waals surface area contributed by atoms with Gasteiger partial charge in [0.15, 0.2) is 0 Å². The van der Waals surface area contributed by atoms with Gasteiger partial charge >= 0.3 is 12.1 Å². The predicted octanol–water partition coefficient (Wildman–Crippen LogP) is 2.72. The lowest BCUT2D eigenvalue weighted by molar-refractivity contribution is -0.147. The second kappa shape index (κ2) is 8.85. The van der Waals surface area contributed by atoms with E-state index >= 15 is 0 Å². The number of nitrogens with zero attached hydrogens (tertiary/aromatic N) is 1. The first-order valence-corrected chi connectivity index (χ1v) is 8.75. The maximum absolute atomic E-state index is 12.5. The minimum atomic E-state index is -0.601. The molecule has 1 aromatic rings. The number of hydrogen-bond acceptors (Lipinski definition) is 5. The maximum atomic E-state index is 12.5. The van der Waals surface area contributed by atoms with E-state index in [4.69, 9.17) is 9.47 Å². The molecule has 0 radical (unpaired) electrons. The average Bonchev–Trinajstić information content (AvgIpc) is 2.58. The van der Waals surface area contributed by atoms with Crippen molar-refractivity contribution in [3.63, 3.8) is 0 Å². The molecule has 1 heterocycles. The van der Waals surface area contributed by atoms with Crippen LogP contribution in [0.15, 0.2) is 30.3 Å². The predicted molar refractivity (Wildman–Crippen MR) is 95.1 cm³/mol. The topological polar surface area (TPSA) is 67.9 Å². The van der Waals surface area contributed by atoms with Crippen LogP contribution in [-0.2, 0) is 20.9 Å². The van der Waals surface area contributed by atoms with Gasteiger partial charge in [-0.1, -0.05) is 30.3 Å². The Hall–Kier alpha value is -2.08. The van der Waals surface area contributed by atoms with Gasteiger partial charge in [0.1, 0.15) is 18.8 Å². The average molecular weight is 348 g/mol. The van der Waals surface area contributed by atoms with Crippen LogP contribution in [0.5, 0.6) is 0 Å². The number of piperidine rings is 1. The van der Waals surface area contributed by atoms with Crippen molar-refractivity contribution in [1.82, 2.24) is 10.2 Å². The highest BCUT2D eigenvalue weighted by Crippen LogP contribution is 2.17. The van der Waals surface area contributed by atoms with E-state index in [1.807, 2.05) is 51.1 Å². The Balaban J connectivity index is 1.96. The van der Waals surface area contributed by atoms with Gasteiger partial charge in [-0.05, 0) is 52.3 Å². The summed E-state index contributed by atoms with van der Waals surface area (Å²) in [7, 11) is 0. The molecule has 1 N–H and O–H groups in total. The molecule has 2 rings (SSSR count). The van der Waals surface area contributed by atoms with Crippen LogP contribution in [-0.4, -0.2) is 48.2 Å². The molecule has 0 bridgehead atoms. The van der Waals surface area contributed by atoms with E-state index in [0.29, 0.717) is 0 Å². The van der Waals surface area contributed by atoms with Crippen molar-refractivity contribution in [3.05, 3.63) is 35.9 Å². The number of hydrogen-bond donors (Lipinski definition) is 1. The number of carbonyl (C=O) groups excluding carboxylic acids is 2. The number of nitrogens with one attached hydrogen (secondary N) is 1. The first-order valence-electron chi connectivity index (χ1n) is 8.75. The first kappa shape index (κ1) is 19.2. The van der Waals surface area contributed by atoms with Gasteiger partial charge in [0, 0.05) is 6.04 Å². The number of rotatable bonds is 5. The molecular weight excluding hydrogens is 320 g/mol. The molecule has 1 aromatic carbocycles. The van der Waals surface area contributed by atoms with E-state index in [1.54, 1.807) is 0 Å². The maximum Gasteiger partial charge on any atom is 0.411 e. The fraction of sp³-hybridized carbons (Fsp3) is 0.579. The van der Waals surface area contributed by atoms with Crippen LogP contribution in [0.3, 0.4) is 0 Å². The third-order valence-corrected chi connectivity index (χ3v) is 3.92. The zero-order chi connectivity index (χ0) is 18.3. The van der Waals surface area contributed by atoms with E-state index < -0.39 is 17.7 Å². The van der Waals surface area contributed by atoms with Crippen LogP contribution in [0.2, 0.25) is 0 Å². The van der Waals surface area contributed by atoms with Crippen molar-refractivity contribution < 1.29 is 19.1 Å². The van der Waals surface area contributed by atoms with E-state index in [1.165, 1.54) is 4.90 Å². The van der Waals surface area contributed by atoms with Gasteiger partial charge in [0.05, 0.1) is 0 Å². The van der Waals surface area contributed by atoms with Gasteiger partial charge in [-0.15, -0.1) is 0 Å². The Kier molecular flexibility index (Phi) is 6.82. The third-order valence-electron chi connectivity index (χ3n) is 3.92. The number of esters is 1. The van der Waals surface area contributed by atoms with Gasteiger partial charge in [-0.2, -0.15) is 0 Å². The standard InChI is InChI=1S/C19H28N2O4/c1-19(2,3)25-18(23)21(16-9-11-20-12-10-16)13-17(22)24-14-15-7-5-4-6-8-15/h4-8,16,20H,9-14H2,1-3H3. The Bertz CT molecular complexity index is 563. The molecule has 0 aromatic heterocycles. The van der Waals surface area contributed by atoms with Crippen LogP contribution in [0.4, 0.5) is 4.79 Å². The summed E-state index contributed by atoms with van der Waals surface area (Å²) in [5.41, 5.74) is 0.317. The summed E-state index contributed by atoms with van der Waals surface area (Å²) in [5.74, 6) is -0.423. The van der Waals surface area contributed by atoms with Crippen molar-refractivity contribution >= 4 is 12.1 Å². The molecule has 1 saturated heterocycles. The normalized spacial score (nSPS) is 15.5. The summed E-state index contributed by atoms with van der Waals surface area (Å²) in [6.07, 6.45) is 1.13. The molecule has 138 valence electrons. The highest BCUT2D eigenvalue weighted by molar-refractivity contribution is 5.78. The zero-order valence-corrected chi connectivity index (χ0v) is 15.3. The monoisotopic (exact) mass is 348 g/mol. The van der Waals surface area contributed by atoms with Crippen molar-refractivity contribution in [2.24, 2.45) is 0 Å². The number of ether oxygens (including phenoxy) is 2. The molecule has 0 spiro atoms. The fourth-order valence-corrected chi connectivity index (χ4v) is 2.70. The van der Waals surface area contributed by atoms with E-state index in [2.05, 4.69) is 5.32 Å². The van der Waals surface area contributed by atoms with Gasteiger partial charge in [0.25, 0.3) is 0 Å². The number of amides is 1. The Morgan fingerprint density at radius 1 is 1.16 bits per heavy atom. The molecule has 0 unspecified atom stereocenters. The molecule has 0 aliphatic carbocycles. The van der Waals surface area contributed by atoms with Crippen LogP contribution in [0.1, 0.15) is 39.2 Å². The third kappa shape index (κ3) is 6.74. The van der Waals surface area contributed by atoms with Crippen molar-refractivity contribution in [2.75, 3.05) is 19.6 Å². The quantitative estimate of drug-likeness (QED) is 0.829. The van der Waals surface area contributed by atoms with Gasteiger partial charge in [-0.3, -0.25) is 9.69 Å². The Morgan fingerprint density at radius 2 is 1.80 bits per heavy atom. The van der Waals surface area contributed by atoms with Crippen molar-refractivity contribution in [2.45, 2.75) is 51.9 Å². The molecule has 0 atom stereocenters. The van der Waals surface area contributed by atoms with Gasteiger partial charge in [0.2, 0.25) is 0 Å². The van der Waals surface area contributed by atoms with Crippen LogP contribution in [0.25, 0.3) is 0 Å². The number of carbonyl (C=O) groups is 2. The van der Waals surface area contributed by atoms with Crippen molar-refractivity contribution in [1.29, 1.82) is 0 Å². The fourth-order valence-electron chi connectivity index (χ4n) is 2.70. The Morgan fingerprint density at radius 3 is 2.40 bits per heavy atom. The number of benzene rings is 1. The van der Waals surface area contributed by atoms with Crippen molar-refractivity contribution in [3.8, 4) is 0 Å². The minimum Gasteiger partial charge on any atom is -0.459 e. The lowest BCUT2D eigenvalue weighted by Gasteiger charge is -2.35. The van der Waals surface area contributed by atoms with E-state index in [0.717, 1.165) is 31.5 Å². The minimum absolute atomic E-state index is 0.0135. The SMILES string of the molecule is CC(C)(C)OC(=O)N(CC(=O)OCc1ccccc1)C1CCNCC1. The largest absolute Gasteiger partial charge is 0.459 e. The van der Waals surface area contributed by atoms with Gasteiger partial charge < -0.3 is 14.8 Å². The molecule has 1 fully saturated rings.